The summed E-state index contributed by atoms with van der Waals surface area (Å²) in [6.45, 7) is 3.35. The van der Waals surface area contributed by atoms with Gasteiger partial charge in [0.05, 0.1) is 7.11 Å². The number of carbonyl (C=O) groups excluding carboxylic acids is 2. The molecule has 0 fully saturated rings. The molecule has 0 aromatic heterocycles. The molecule has 2 atom stereocenters. The lowest BCUT2D eigenvalue weighted by atomic mass is 9.99. The Balaban J connectivity index is 4.50. The number of nitrogens with zero attached hydrogens (tertiary/aromatic N) is 1. The van der Waals surface area contributed by atoms with E-state index in [2.05, 4.69) is 10.1 Å². The van der Waals surface area contributed by atoms with Gasteiger partial charge in [0, 0.05) is 7.05 Å². The van der Waals surface area contributed by atoms with Gasteiger partial charge in [-0.05, 0) is 5.92 Å². The standard InChI is InChI=1S/C11H20N2O5/c1-5-7(2)9(10(15)16)12-11(17)13(3)6-8(14)18-4/h7,9H,5-6H2,1-4H3,(H,12,17)(H,15,16). The van der Waals surface area contributed by atoms with Crippen LogP contribution >= 0.6 is 0 Å². The van der Waals surface area contributed by atoms with Gasteiger partial charge in [-0.3, -0.25) is 4.79 Å². The van der Waals surface area contributed by atoms with Crippen LogP contribution < -0.4 is 5.32 Å². The number of nitrogens with one attached hydrogen (secondary N) is 1. The van der Waals surface area contributed by atoms with E-state index in [0.29, 0.717) is 6.42 Å². The molecule has 0 aromatic rings. The van der Waals surface area contributed by atoms with Gasteiger partial charge in [0.1, 0.15) is 12.6 Å². The number of hydrogen-bond acceptors (Lipinski definition) is 4. The molecule has 104 valence electrons. The van der Waals surface area contributed by atoms with Gasteiger partial charge in [0.2, 0.25) is 0 Å². The van der Waals surface area contributed by atoms with E-state index in [4.69, 9.17) is 5.11 Å². The summed E-state index contributed by atoms with van der Waals surface area (Å²) in [7, 11) is 2.61. The third-order valence-electron chi connectivity index (χ3n) is 2.70. The average Bonchev–Trinajstić information content (AvgIpc) is 2.33. The first-order valence-electron chi connectivity index (χ1n) is 5.64. The second kappa shape index (κ2) is 7.52. The van der Waals surface area contributed by atoms with Gasteiger partial charge in [-0.25, -0.2) is 9.59 Å². The molecule has 0 aliphatic rings. The number of likely N-dealkylation sites (N-methyl/N-ethyl adjacent to an activating group) is 1. The smallest absolute Gasteiger partial charge is 0.326 e. The van der Waals surface area contributed by atoms with E-state index in [1.54, 1.807) is 6.92 Å². The minimum Gasteiger partial charge on any atom is -0.480 e. The second-order valence-corrected chi connectivity index (χ2v) is 4.08. The van der Waals surface area contributed by atoms with Crippen molar-refractivity contribution in [1.29, 1.82) is 0 Å². The molecular weight excluding hydrogens is 240 g/mol. The Hall–Kier alpha value is -1.79. The Labute approximate surface area is 106 Å². The molecular formula is C11H20N2O5. The summed E-state index contributed by atoms with van der Waals surface area (Å²) in [6.07, 6.45) is 0.623. The van der Waals surface area contributed by atoms with Crippen LogP contribution in [0.1, 0.15) is 20.3 Å². The molecule has 0 aliphatic carbocycles. The van der Waals surface area contributed by atoms with Crippen LogP contribution in [-0.4, -0.2) is 54.7 Å². The fourth-order valence-corrected chi connectivity index (χ4v) is 1.26. The molecule has 2 unspecified atom stereocenters. The van der Waals surface area contributed by atoms with Gasteiger partial charge in [-0.1, -0.05) is 20.3 Å². The lowest BCUT2D eigenvalue weighted by molar-refractivity contribution is -0.141. The van der Waals surface area contributed by atoms with Crippen molar-refractivity contribution in [2.45, 2.75) is 26.3 Å². The highest BCUT2D eigenvalue weighted by molar-refractivity contribution is 5.85. The number of amides is 2. The number of carbonyl (C=O) groups is 3. The van der Waals surface area contributed by atoms with Crippen LogP contribution in [-0.2, 0) is 14.3 Å². The monoisotopic (exact) mass is 260 g/mol. The topological polar surface area (TPSA) is 95.9 Å². The minimum atomic E-state index is -1.09. The number of hydrogen-bond donors (Lipinski definition) is 2. The van der Waals surface area contributed by atoms with Gasteiger partial charge >= 0.3 is 18.0 Å². The highest BCUT2D eigenvalue weighted by Gasteiger charge is 2.26. The van der Waals surface area contributed by atoms with Crippen molar-refractivity contribution in [2.24, 2.45) is 5.92 Å². The predicted molar refractivity (Wildman–Crippen MR) is 64.1 cm³/mol. The molecule has 0 aliphatic heterocycles. The Kier molecular flexibility index (Phi) is 6.77. The Morgan fingerprint density at radius 2 is 1.94 bits per heavy atom. The third kappa shape index (κ3) is 5.03. The SMILES string of the molecule is CCC(C)C(NC(=O)N(C)CC(=O)OC)C(=O)O. The van der Waals surface area contributed by atoms with E-state index in [9.17, 15) is 14.4 Å². The number of urea groups is 1. The van der Waals surface area contributed by atoms with Crippen LogP contribution in [0.15, 0.2) is 0 Å². The van der Waals surface area contributed by atoms with Crippen LogP contribution in [0.5, 0.6) is 0 Å². The van der Waals surface area contributed by atoms with E-state index in [-0.39, 0.29) is 12.5 Å². The molecule has 2 N–H and O–H groups in total. The predicted octanol–water partition coefficient (Wildman–Crippen LogP) is 0.300. The number of carboxylic acid groups (broad SMARTS) is 1. The zero-order valence-electron chi connectivity index (χ0n) is 11.1. The summed E-state index contributed by atoms with van der Waals surface area (Å²) in [5.74, 6) is -1.86. The zero-order valence-corrected chi connectivity index (χ0v) is 11.1. The first-order valence-corrected chi connectivity index (χ1v) is 5.64. The number of esters is 1. The largest absolute Gasteiger partial charge is 0.480 e. The number of rotatable bonds is 6. The molecule has 0 radical (unpaired) electrons. The second-order valence-electron chi connectivity index (χ2n) is 4.08. The van der Waals surface area contributed by atoms with E-state index in [1.807, 2.05) is 6.92 Å². The first-order chi connectivity index (χ1) is 8.33. The van der Waals surface area contributed by atoms with Crippen molar-refractivity contribution in [1.82, 2.24) is 10.2 Å². The van der Waals surface area contributed by atoms with Crippen molar-refractivity contribution >= 4 is 18.0 Å². The number of aliphatic carboxylic acids is 1. The molecule has 0 saturated heterocycles. The van der Waals surface area contributed by atoms with E-state index in [0.717, 1.165) is 4.90 Å². The Bertz CT molecular complexity index is 319. The highest BCUT2D eigenvalue weighted by atomic mass is 16.5. The van der Waals surface area contributed by atoms with Crippen LogP contribution in [0, 0.1) is 5.92 Å². The summed E-state index contributed by atoms with van der Waals surface area (Å²) < 4.78 is 4.42. The van der Waals surface area contributed by atoms with E-state index < -0.39 is 24.0 Å². The van der Waals surface area contributed by atoms with Crippen molar-refractivity contribution in [3.63, 3.8) is 0 Å². The van der Waals surface area contributed by atoms with Gasteiger partial charge in [0.15, 0.2) is 0 Å². The number of ether oxygens (including phenoxy) is 1. The molecule has 7 nitrogen and oxygen atoms in total. The van der Waals surface area contributed by atoms with Gasteiger partial charge < -0.3 is 20.1 Å². The van der Waals surface area contributed by atoms with Gasteiger partial charge in [-0.15, -0.1) is 0 Å². The van der Waals surface area contributed by atoms with Crippen LogP contribution in [0.2, 0.25) is 0 Å². The molecule has 18 heavy (non-hydrogen) atoms. The average molecular weight is 260 g/mol. The molecule has 2 amide bonds. The number of carboxylic acids is 1. The lowest BCUT2D eigenvalue weighted by Crippen LogP contribution is -2.50. The van der Waals surface area contributed by atoms with Crippen LogP contribution in [0.3, 0.4) is 0 Å². The van der Waals surface area contributed by atoms with Crippen molar-refractivity contribution < 1.29 is 24.2 Å². The summed E-state index contributed by atoms with van der Waals surface area (Å²) in [4.78, 5) is 34.7. The quantitative estimate of drug-likeness (QED) is 0.670. The molecule has 0 rings (SSSR count). The Morgan fingerprint density at radius 1 is 1.39 bits per heavy atom. The Morgan fingerprint density at radius 3 is 2.33 bits per heavy atom. The maximum Gasteiger partial charge on any atom is 0.326 e. The normalized spacial score (nSPS) is 13.3. The highest BCUT2D eigenvalue weighted by Crippen LogP contribution is 2.08. The number of methoxy groups -OCH3 is 1. The van der Waals surface area contributed by atoms with Crippen molar-refractivity contribution in [3.05, 3.63) is 0 Å². The van der Waals surface area contributed by atoms with E-state index in [1.165, 1.54) is 14.2 Å². The summed E-state index contributed by atoms with van der Waals surface area (Å²) in [5, 5.41) is 11.4. The van der Waals surface area contributed by atoms with Gasteiger partial charge in [-0.2, -0.15) is 0 Å². The molecule has 0 bridgehead atoms. The molecule has 0 saturated carbocycles. The first kappa shape index (κ1) is 16.2. The van der Waals surface area contributed by atoms with Crippen molar-refractivity contribution in [3.8, 4) is 0 Å². The molecule has 0 heterocycles. The van der Waals surface area contributed by atoms with E-state index >= 15 is 0 Å². The maximum absolute atomic E-state index is 11.7. The third-order valence-corrected chi connectivity index (χ3v) is 2.70. The minimum absolute atomic E-state index is 0.196. The zero-order chi connectivity index (χ0) is 14.3. The molecule has 0 aromatic carbocycles. The van der Waals surface area contributed by atoms with Gasteiger partial charge in [0.25, 0.3) is 0 Å². The lowest BCUT2D eigenvalue weighted by Gasteiger charge is -2.23. The summed E-state index contributed by atoms with van der Waals surface area (Å²) >= 11 is 0. The summed E-state index contributed by atoms with van der Waals surface area (Å²) in [6, 6.07) is -1.59. The molecule has 0 spiro atoms. The maximum atomic E-state index is 11.7. The molecule has 7 heteroatoms. The van der Waals surface area contributed by atoms with Crippen molar-refractivity contribution in [2.75, 3.05) is 20.7 Å². The summed E-state index contributed by atoms with van der Waals surface area (Å²) in [5.41, 5.74) is 0. The fraction of sp³-hybridized carbons (Fsp3) is 0.727. The van der Waals surface area contributed by atoms with Crippen LogP contribution in [0.25, 0.3) is 0 Å². The van der Waals surface area contributed by atoms with Crippen LogP contribution in [0.4, 0.5) is 4.79 Å². The fourth-order valence-electron chi connectivity index (χ4n) is 1.26.